The second-order valence-corrected chi connectivity index (χ2v) is 11.8. The molecule has 36 heavy (non-hydrogen) atoms. The Balaban J connectivity index is 1.53. The van der Waals surface area contributed by atoms with Crippen LogP contribution in [0.1, 0.15) is 57.1 Å². The van der Waals surface area contributed by atoms with Crippen LogP contribution in [0.5, 0.6) is 5.75 Å². The quantitative estimate of drug-likeness (QED) is 0.329. The number of aromatic hydroxyl groups is 1. The second-order valence-electron chi connectivity index (χ2n) is 11.8. The van der Waals surface area contributed by atoms with Crippen molar-refractivity contribution >= 4 is 12.2 Å². The third-order valence-electron chi connectivity index (χ3n) is 10.2. The number of aldehydes is 1. The zero-order valence-corrected chi connectivity index (χ0v) is 22.2. The maximum atomic E-state index is 13.5. The Labute approximate surface area is 215 Å². The topological polar surface area (TPSA) is 72.9 Å². The van der Waals surface area contributed by atoms with Crippen molar-refractivity contribution < 1.29 is 14.7 Å². The summed E-state index contributed by atoms with van der Waals surface area (Å²) in [5.74, 6) is 1.40. The van der Waals surface area contributed by atoms with Crippen molar-refractivity contribution in [3.05, 3.63) is 53.3 Å². The Hall–Kier alpha value is -2.60. The first-order valence-electron chi connectivity index (χ1n) is 13.6. The van der Waals surface area contributed by atoms with Gasteiger partial charge in [0, 0.05) is 44.3 Å². The fourth-order valence-electron chi connectivity index (χ4n) is 8.17. The molecule has 0 aromatic heterocycles. The van der Waals surface area contributed by atoms with Crippen molar-refractivity contribution in [3.63, 3.8) is 0 Å². The van der Waals surface area contributed by atoms with Gasteiger partial charge in [-0.15, -0.1) is 0 Å². The number of allylic oxidation sites excluding steroid dienone is 1. The van der Waals surface area contributed by atoms with Crippen LogP contribution in [-0.2, 0) is 21.4 Å². The Bertz CT molecular complexity index is 1090. The molecule has 194 valence electrons. The van der Waals surface area contributed by atoms with Gasteiger partial charge in [0.15, 0.2) is 0 Å². The summed E-state index contributed by atoms with van der Waals surface area (Å²) in [5, 5.41) is 13.5. The number of benzene rings is 1. The van der Waals surface area contributed by atoms with Crippen molar-refractivity contribution in [2.24, 2.45) is 17.3 Å². The lowest BCUT2D eigenvalue weighted by Crippen LogP contribution is -2.67. The lowest BCUT2D eigenvalue weighted by Gasteiger charge is -2.63. The fourth-order valence-corrected chi connectivity index (χ4v) is 8.17. The molecule has 5 atom stereocenters. The van der Waals surface area contributed by atoms with Gasteiger partial charge in [-0.25, -0.2) is 0 Å². The first kappa shape index (κ1) is 25.1. The van der Waals surface area contributed by atoms with E-state index in [9.17, 15) is 14.7 Å². The summed E-state index contributed by atoms with van der Waals surface area (Å²) in [4.78, 5) is 29.1. The summed E-state index contributed by atoms with van der Waals surface area (Å²) >= 11 is 0. The zero-order valence-electron chi connectivity index (χ0n) is 22.2. The van der Waals surface area contributed by atoms with E-state index in [0.29, 0.717) is 23.7 Å². The number of hydrogen-bond acceptors (Lipinski definition) is 5. The summed E-state index contributed by atoms with van der Waals surface area (Å²) in [7, 11) is 3.65. The number of fused-ring (bicyclic) bond motifs is 1. The van der Waals surface area contributed by atoms with Gasteiger partial charge in [-0.05, 0) is 105 Å². The number of piperidine rings is 1. The maximum Gasteiger partial charge on any atom is 0.255 e. The predicted octanol–water partition coefficient (Wildman–Crippen LogP) is 3.79. The van der Waals surface area contributed by atoms with Crippen molar-refractivity contribution in [2.75, 3.05) is 27.2 Å². The van der Waals surface area contributed by atoms with Gasteiger partial charge in [0.05, 0.1) is 5.57 Å². The molecular weight excluding hydrogens is 450 g/mol. The number of amides is 1. The van der Waals surface area contributed by atoms with Crippen molar-refractivity contribution in [1.29, 1.82) is 0 Å². The number of nitrogens with zero attached hydrogens (tertiary/aromatic N) is 2. The summed E-state index contributed by atoms with van der Waals surface area (Å²) in [5.41, 5.74) is 3.17. The standard InChI is InChI=1S/C30H41N3O3/c1-20(32(4)28(36)23(18-31-3)6-5-15-34)25-11-12-29(2)27-16-22-9-10-24(35)17-26(22)30(25,29)13-14-33(27)19-21-7-8-21/h5-6,9-10,15,17-18,20-21,25,27,31,35H,7-8,11-14,16,19H2,1-4H3/b6-5-,23-18+. The highest BCUT2D eigenvalue weighted by molar-refractivity contribution is 5.96. The van der Waals surface area contributed by atoms with Gasteiger partial charge in [0.25, 0.3) is 5.91 Å². The normalized spacial score (nSPS) is 32.6. The zero-order chi connectivity index (χ0) is 25.7. The second kappa shape index (κ2) is 9.37. The van der Waals surface area contributed by atoms with Gasteiger partial charge in [-0.3, -0.25) is 14.5 Å². The minimum atomic E-state index is -0.0883. The van der Waals surface area contributed by atoms with E-state index in [1.165, 1.54) is 36.6 Å². The van der Waals surface area contributed by atoms with Crippen molar-refractivity contribution in [1.82, 2.24) is 15.1 Å². The molecule has 4 aliphatic rings. The van der Waals surface area contributed by atoms with Crippen LogP contribution in [0.4, 0.5) is 0 Å². The van der Waals surface area contributed by atoms with E-state index in [-0.39, 0.29) is 28.7 Å². The minimum Gasteiger partial charge on any atom is -0.508 e. The molecule has 1 saturated heterocycles. The third-order valence-corrected chi connectivity index (χ3v) is 10.2. The van der Waals surface area contributed by atoms with Gasteiger partial charge in [0.1, 0.15) is 12.0 Å². The van der Waals surface area contributed by atoms with Gasteiger partial charge >= 0.3 is 0 Å². The molecule has 2 N–H and O–H groups in total. The molecule has 6 heteroatoms. The van der Waals surface area contributed by atoms with Gasteiger partial charge < -0.3 is 15.3 Å². The molecule has 1 aromatic carbocycles. The highest BCUT2D eigenvalue weighted by Gasteiger charge is 2.67. The average molecular weight is 492 g/mol. The molecule has 2 saturated carbocycles. The molecule has 0 radical (unpaired) electrons. The lowest BCUT2D eigenvalue weighted by molar-refractivity contribution is -0.130. The number of carbonyl (C=O) groups excluding carboxylic acids is 2. The van der Waals surface area contributed by atoms with Crippen LogP contribution in [0.2, 0.25) is 0 Å². The predicted molar refractivity (Wildman–Crippen MR) is 142 cm³/mol. The maximum absolute atomic E-state index is 13.5. The molecule has 1 aromatic rings. The Kier molecular flexibility index (Phi) is 6.52. The van der Waals surface area contributed by atoms with E-state index in [0.717, 1.165) is 38.1 Å². The van der Waals surface area contributed by atoms with Crippen LogP contribution >= 0.6 is 0 Å². The van der Waals surface area contributed by atoms with Gasteiger partial charge in [-0.1, -0.05) is 13.0 Å². The smallest absolute Gasteiger partial charge is 0.255 e. The van der Waals surface area contributed by atoms with E-state index >= 15 is 0 Å². The molecular formula is C30H41N3O3. The molecule has 1 aliphatic heterocycles. The number of hydrogen-bond donors (Lipinski definition) is 2. The molecule has 1 heterocycles. The SMILES string of the molecule is CN/C=C(\C=C/C=O)C(=O)N(C)C(C)C1CCC2(C)C3Cc4ccc(O)cc4C12CCN3CC1CC1. The fraction of sp³-hybridized carbons (Fsp3) is 0.600. The Morgan fingerprint density at radius 1 is 1.31 bits per heavy atom. The summed E-state index contributed by atoms with van der Waals surface area (Å²) in [6.45, 7) is 6.98. The Morgan fingerprint density at radius 3 is 2.78 bits per heavy atom. The van der Waals surface area contributed by atoms with E-state index in [2.05, 4.69) is 30.1 Å². The molecule has 5 rings (SSSR count). The molecule has 1 amide bonds. The van der Waals surface area contributed by atoms with Crippen molar-refractivity contribution in [2.45, 2.75) is 69.9 Å². The van der Waals surface area contributed by atoms with Crippen LogP contribution in [-0.4, -0.2) is 66.4 Å². The monoisotopic (exact) mass is 491 g/mol. The molecule has 0 spiro atoms. The Morgan fingerprint density at radius 2 is 2.08 bits per heavy atom. The van der Waals surface area contributed by atoms with Gasteiger partial charge in [-0.2, -0.15) is 0 Å². The number of nitrogens with one attached hydrogen (secondary N) is 1. The highest BCUT2D eigenvalue weighted by Crippen LogP contribution is 2.68. The van der Waals surface area contributed by atoms with Crippen molar-refractivity contribution in [3.8, 4) is 5.75 Å². The number of phenolic OH excluding ortho intramolecular Hbond substituents is 1. The number of likely N-dealkylation sites (N-methyl/N-ethyl adjacent to an activating group) is 1. The largest absolute Gasteiger partial charge is 0.508 e. The number of rotatable bonds is 8. The number of carbonyl (C=O) groups is 2. The molecule has 5 unspecified atom stereocenters. The van der Waals surface area contributed by atoms with Crippen LogP contribution < -0.4 is 5.32 Å². The van der Waals surface area contributed by atoms with Gasteiger partial charge in [0.2, 0.25) is 0 Å². The molecule has 3 aliphatic carbocycles. The summed E-state index contributed by atoms with van der Waals surface area (Å²) in [6.07, 6.45) is 12.3. The van der Waals surface area contributed by atoms with Crippen LogP contribution in [0.3, 0.4) is 0 Å². The first-order chi connectivity index (χ1) is 17.3. The van der Waals surface area contributed by atoms with Crippen LogP contribution in [0, 0.1) is 17.3 Å². The molecule has 3 fully saturated rings. The minimum absolute atomic E-state index is 0.00754. The first-order valence-corrected chi connectivity index (χ1v) is 13.6. The highest BCUT2D eigenvalue weighted by atomic mass is 16.3. The van der Waals surface area contributed by atoms with E-state index < -0.39 is 0 Å². The van der Waals surface area contributed by atoms with E-state index in [1.54, 1.807) is 19.3 Å². The lowest BCUT2D eigenvalue weighted by atomic mass is 9.48. The average Bonchev–Trinajstić information content (AvgIpc) is 3.62. The summed E-state index contributed by atoms with van der Waals surface area (Å²) < 4.78 is 0. The third kappa shape index (κ3) is 3.80. The number of likely N-dealkylation sites (tertiary alicyclic amines) is 1. The molecule has 2 bridgehead atoms. The molecule has 6 nitrogen and oxygen atoms in total. The van der Waals surface area contributed by atoms with E-state index in [4.69, 9.17) is 0 Å². The van der Waals surface area contributed by atoms with E-state index in [1.807, 2.05) is 24.1 Å². The number of phenols is 1. The van der Waals surface area contributed by atoms with Crippen LogP contribution in [0.15, 0.2) is 42.1 Å². The summed E-state index contributed by atoms with van der Waals surface area (Å²) in [6, 6.07) is 6.53. The van der Waals surface area contributed by atoms with Crippen LogP contribution in [0.25, 0.3) is 0 Å².